The van der Waals surface area contributed by atoms with E-state index in [1.165, 1.54) is 12.8 Å². The number of likely N-dealkylation sites (tertiary alicyclic amines) is 2. The van der Waals surface area contributed by atoms with Crippen molar-refractivity contribution in [2.75, 3.05) is 40.5 Å². The molecule has 2 saturated heterocycles. The molecular weight excluding hydrogens is 304 g/mol. The van der Waals surface area contributed by atoms with E-state index in [-0.39, 0.29) is 5.91 Å². The number of hydrogen-bond acceptors (Lipinski definition) is 4. The van der Waals surface area contributed by atoms with E-state index in [1.807, 2.05) is 24.3 Å². The van der Waals surface area contributed by atoms with Crippen molar-refractivity contribution < 1.29 is 14.3 Å². The smallest absolute Gasteiger partial charge is 0.257 e. The highest BCUT2D eigenvalue weighted by Crippen LogP contribution is 2.31. The summed E-state index contributed by atoms with van der Waals surface area (Å²) in [5.41, 5.74) is 0.668. The first-order valence-corrected chi connectivity index (χ1v) is 8.94. The molecular formula is C19H28N2O3. The van der Waals surface area contributed by atoms with E-state index >= 15 is 0 Å². The summed E-state index contributed by atoms with van der Waals surface area (Å²) in [6.45, 7) is 2.96. The van der Waals surface area contributed by atoms with E-state index in [2.05, 4.69) is 16.8 Å². The maximum absolute atomic E-state index is 13.2. The standard InChI is InChI=1S/C19H28N2O3/c1-20-11-5-8-16(20)17-9-6-12-21(17)19(22)15-7-3-4-10-18(15)24-14-13-23-2/h3-4,7,10,16-17H,5-6,8-9,11-14H2,1-2H3/t16-,17+/m0/s1. The zero-order chi connectivity index (χ0) is 16.9. The molecule has 2 aliphatic heterocycles. The minimum atomic E-state index is 0.103. The molecule has 0 unspecified atom stereocenters. The lowest BCUT2D eigenvalue weighted by Gasteiger charge is -2.33. The molecule has 2 atom stereocenters. The van der Waals surface area contributed by atoms with Crippen LogP contribution < -0.4 is 4.74 Å². The predicted octanol–water partition coefficient (Wildman–Crippen LogP) is 2.41. The Kier molecular flexibility index (Phi) is 5.74. The fourth-order valence-corrected chi connectivity index (χ4v) is 4.03. The molecule has 2 fully saturated rings. The second-order valence-corrected chi connectivity index (χ2v) is 6.74. The van der Waals surface area contributed by atoms with Crippen LogP contribution in [0.3, 0.4) is 0 Å². The highest BCUT2D eigenvalue weighted by Gasteiger charge is 2.39. The zero-order valence-corrected chi connectivity index (χ0v) is 14.7. The molecule has 5 heteroatoms. The first kappa shape index (κ1) is 17.2. The molecule has 0 aliphatic carbocycles. The van der Waals surface area contributed by atoms with Gasteiger partial charge in [-0.05, 0) is 51.4 Å². The summed E-state index contributed by atoms with van der Waals surface area (Å²) >= 11 is 0. The Morgan fingerprint density at radius 3 is 2.62 bits per heavy atom. The summed E-state index contributed by atoms with van der Waals surface area (Å²) in [6.07, 6.45) is 4.62. The van der Waals surface area contributed by atoms with Gasteiger partial charge in [-0.15, -0.1) is 0 Å². The van der Waals surface area contributed by atoms with Gasteiger partial charge in [-0.2, -0.15) is 0 Å². The van der Waals surface area contributed by atoms with Gasteiger partial charge in [0.05, 0.1) is 12.2 Å². The number of amides is 1. The topological polar surface area (TPSA) is 42.0 Å². The van der Waals surface area contributed by atoms with Crippen LogP contribution in [-0.4, -0.2) is 68.3 Å². The van der Waals surface area contributed by atoms with Crippen LogP contribution >= 0.6 is 0 Å². The lowest BCUT2D eigenvalue weighted by Crippen LogP contribution is -2.47. The number of methoxy groups -OCH3 is 1. The van der Waals surface area contributed by atoms with Crippen molar-refractivity contribution in [3.63, 3.8) is 0 Å². The largest absolute Gasteiger partial charge is 0.490 e. The van der Waals surface area contributed by atoms with Gasteiger partial charge in [-0.3, -0.25) is 4.79 Å². The molecule has 0 aromatic heterocycles. The Balaban J connectivity index is 1.75. The van der Waals surface area contributed by atoms with Crippen LogP contribution in [0.1, 0.15) is 36.0 Å². The highest BCUT2D eigenvalue weighted by molar-refractivity contribution is 5.97. The van der Waals surface area contributed by atoms with Gasteiger partial charge < -0.3 is 19.3 Å². The normalized spacial score (nSPS) is 24.5. The average molecular weight is 332 g/mol. The Labute approximate surface area is 144 Å². The molecule has 1 amide bonds. The van der Waals surface area contributed by atoms with E-state index in [1.54, 1.807) is 7.11 Å². The monoisotopic (exact) mass is 332 g/mol. The molecule has 5 nitrogen and oxygen atoms in total. The van der Waals surface area contributed by atoms with Crippen molar-refractivity contribution in [2.45, 2.75) is 37.8 Å². The number of carbonyl (C=O) groups is 1. The maximum atomic E-state index is 13.2. The van der Waals surface area contributed by atoms with Crippen LogP contribution in [-0.2, 0) is 4.74 Å². The maximum Gasteiger partial charge on any atom is 0.257 e. The van der Waals surface area contributed by atoms with Crippen molar-refractivity contribution in [3.8, 4) is 5.75 Å². The van der Waals surface area contributed by atoms with Crippen molar-refractivity contribution in [1.82, 2.24) is 9.80 Å². The SMILES string of the molecule is COCCOc1ccccc1C(=O)N1CCC[C@@H]1[C@@H]1CCCN1C. The summed E-state index contributed by atoms with van der Waals surface area (Å²) in [6, 6.07) is 8.39. The Hall–Kier alpha value is -1.59. The summed E-state index contributed by atoms with van der Waals surface area (Å²) in [7, 11) is 3.83. The van der Waals surface area contributed by atoms with E-state index in [0.29, 0.717) is 36.6 Å². The molecule has 24 heavy (non-hydrogen) atoms. The molecule has 132 valence electrons. The fraction of sp³-hybridized carbons (Fsp3) is 0.632. The van der Waals surface area contributed by atoms with Gasteiger partial charge in [-0.25, -0.2) is 0 Å². The van der Waals surface area contributed by atoms with Crippen molar-refractivity contribution in [1.29, 1.82) is 0 Å². The molecule has 0 N–H and O–H groups in total. The number of para-hydroxylation sites is 1. The van der Waals surface area contributed by atoms with E-state index in [9.17, 15) is 4.79 Å². The summed E-state index contributed by atoms with van der Waals surface area (Å²) in [5, 5.41) is 0. The third-order valence-corrected chi connectivity index (χ3v) is 5.24. The highest BCUT2D eigenvalue weighted by atomic mass is 16.5. The summed E-state index contributed by atoms with van der Waals surface area (Å²) < 4.78 is 10.8. The summed E-state index contributed by atoms with van der Waals surface area (Å²) in [4.78, 5) is 17.7. The molecule has 0 bridgehead atoms. The molecule has 3 rings (SSSR count). The van der Waals surface area contributed by atoms with Crippen molar-refractivity contribution in [2.24, 2.45) is 0 Å². The number of carbonyl (C=O) groups excluding carboxylic acids is 1. The quantitative estimate of drug-likeness (QED) is 0.750. The third-order valence-electron chi connectivity index (χ3n) is 5.24. The minimum Gasteiger partial charge on any atom is -0.490 e. The van der Waals surface area contributed by atoms with Crippen LogP contribution in [0.2, 0.25) is 0 Å². The third kappa shape index (κ3) is 3.57. The van der Waals surface area contributed by atoms with Crippen LogP contribution in [0.4, 0.5) is 0 Å². The van der Waals surface area contributed by atoms with Gasteiger partial charge in [0.25, 0.3) is 5.91 Å². The number of benzene rings is 1. The van der Waals surface area contributed by atoms with Gasteiger partial charge >= 0.3 is 0 Å². The van der Waals surface area contributed by atoms with Gasteiger partial charge in [0.15, 0.2) is 0 Å². The molecule has 0 spiro atoms. The van der Waals surface area contributed by atoms with Crippen molar-refractivity contribution in [3.05, 3.63) is 29.8 Å². The van der Waals surface area contributed by atoms with Crippen LogP contribution in [0.25, 0.3) is 0 Å². The Bertz CT molecular complexity index is 563. The fourth-order valence-electron chi connectivity index (χ4n) is 4.03. The van der Waals surface area contributed by atoms with Crippen LogP contribution in [0, 0.1) is 0 Å². The van der Waals surface area contributed by atoms with Crippen LogP contribution in [0.5, 0.6) is 5.75 Å². The summed E-state index contributed by atoms with van der Waals surface area (Å²) in [5.74, 6) is 0.760. The van der Waals surface area contributed by atoms with E-state index in [0.717, 1.165) is 25.9 Å². The lowest BCUT2D eigenvalue weighted by atomic mass is 10.0. The first-order chi connectivity index (χ1) is 11.7. The minimum absolute atomic E-state index is 0.103. The molecule has 2 aliphatic rings. The van der Waals surface area contributed by atoms with Gasteiger partial charge in [-0.1, -0.05) is 12.1 Å². The molecule has 0 saturated carbocycles. The number of ether oxygens (including phenoxy) is 2. The molecule has 1 aromatic rings. The average Bonchev–Trinajstić information content (AvgIpc) is 3.23. The molecule has 0 radical (unpaired) electrons. The van der Waals surface area contributed by atoms with E-state index < -0.39 is 0 Å². The Morgan fingerprint density at radius 1 is 1.12 bits per heavy atom. The Morgan fingerprint density at radius 2 is 1.88 bits per heavy atom. The molecule has 1 aromatic carbocycles. The first-order valence-electron chi connectivity index (χ1n) is 8.94. The van der Waals surface area contributed by atoms with E-state index in [4.69, 9.17) is 9.47 Å². The van der Waals surface area contributed by atoms with Crippen LogP contribution in [0.15, 0.2) is 24.3 Å². The number of rotatable bonds is 6. The predicted molar refractivity (Wildman–Crippen MR) is 93.5 cm³/mol. The van der Waals surface area contributed by atoms with Crippen molar-refractivity contribution >= 4 is 5.91 Å². The second-order valence-electron chi connectivity index (χ2n) is 6.74. The number of likely N-dealkylation sites (N-methyl/N-ethyl adjacent to an activating group) is 1. The number of nitrogens with zero attached hydrogens (tertiary/aromatic N) is 2. The lowest BCUT2D eigenvalue weighted by molar-refractivity contribution is 0.0658. The van der Waals surface area contributed by atoms with Gasteiger partial charge in [0.1, 0.15) is 12.4 Å². The zero-order valence-electron chi connectivity index (χ0n) is 14.7. The second kappa shape index (κ2) is 7.99. The molecule has 2 heterocycles. The van der Waals surface area contributed by atoms with Gasteiger partial charge in [0.2, 0.25) is 0 Å². The van der Waals surface area contributed by atoms with Gasteiger partial charge in [0, 0.05) is 25.7 Å². The number of hydrogen-bond donors (Lipinski definition) is 0.